The molecule has 2 atom stereocenters. The molecule has 2 fully saturated rings. The van der Waals surface area contributed by atoms with Gasteiger partial charge in [0.25, 0.3) is 5.91 Å². The molecule has 2 aromatic rings. The Balaban J connectivity index is 1.39. The van der Waals surface area contributed by atoms with Gasteiger partial charge in [-0.3, -0.25) is 20.6 Å². The van der Waals surface area contributed by atoms with Gasteiger partial charge >= 0.3 is 0 Å². The first-order valence-electron chi connectivity index (χ1n) is 8.40. The van der Waals surface area contributed by atoms with Crippen LogP contribution in [0, 0.1) is 5.92 Å². The predicted molar refractivity (Wildman–Crippen MR) is 92.6 cm³/mol. The number of amides is 1. The molecule has 0 bridgehead atoms. The molecular formula is C17H21N5OS. The topological polar surface area (TPSA) is 70.2 Å². The lowest BCUT2D eigenvalue weighted by molar-refractivity contribution is 0.0670. The summed E-state index contributed by atoms with van der Waals surface area (Å²) < 4.78 is 4.03. The number of carbonyl (C=O) groups is 1. The third-order valence-electron chi connectivity index (χ3n) is 5.17. The molecule has 2 unspecified atom stereocenters. The molecule has 0 radical (unpaired) electrons. The van der Waals surface area contributed by atoms with Gasteiger partial charge in [0, 0.05) is 49.4 Å². The summed E-state index contributed by atoms with van der Waals surface area (Å²) in [4.78, 5) is 18.5. The maximum Gasteiger partial charge on any atom is 0.256 e. The minimum absolute atomic E-state index is 0.116. The van der Waals surface area contributed by atoms with Crippen molar-refractivity contribution in [3.63, 3.8) is 0 Å². The Labute approximate surface area is 145 Å². The number of hydrogen-bond acceptors (Lipinski definition) is 6. The highest BCUT2D eigenvalue weighted by Gasteiger charge is 2.36. The van der Waals surface area contributed by atoms with Crippen molar-refractivity contribution in [1.82, 2.24) is 25.1 Å². The smallest absolute Gasteiger partial charge is 0.256 e. The summed E-state index contributed by atoms with van der Waals surface area (Å²) in [5.74, 6) is 1.15. The molecule has 2 N–H and O–H groups in total. The maximum atomic E-state index is 12.4. The van der Waals surface area contributed by atoms with Gasteiger partial charge in [0.2, 0.25) is 0 Å². The lowest BCUT2D eigenvalue weighted by Crippen LogP contribution is -2.45. The number of carbonyl (C=O) groups excluding carboxylic acids is 1. The minimum atomic E-state index is 0.116. The first-order valence-corrected chi connectivity index (χ1v) is 9.23. The summed E-state index contributed by atoms with van der Waals surface area (Å²) in [5.41, 5.74) is 8.83. The van der Waals surface area contributed by atoms with E-state index in [9.17, 15) is 4.79 Å². The zero-order valence-corrected chi connectivity index (χ0v) is 14.2. The molecule has 2 aliphatic rings. The van der Waals surface area contributed by atoms with Gasteiger partial charge in [0.15, 0.2) is 0 Å². The summed E-state index contributed by atoms with van der Waals surface area (Å²) >= 11 is 1.33. The van der Waals surface area contributed by atoms with E-state index in [1.165, 1.54) is 17.1 Å². The standard InChI is InChI=1S/C17H21N5OS/c23-17(14-9-20-24-11-14)22-7-3-13(4-8-22)16-15(10-19-21-16)12-1-5-18-6-2-12/h1-2,5-6,9,11,13,15-16,19,21H,3-4,7-8,10H2. The molecule has 2 aliphatic heterocycles. The second-order valence-corrected chi connectivity index (χ2v) is 7.14. The molecule has 1 amide bonds. The van der Waals surface area contributed by atoms with E-state index in [0.717, 1.165) is 32.5 Å². The van der Waals surface area contributed by atoms with Crippen LogP contribution in [-0.4, -0.2) is 45.8 Å². The van der Waals surface area contributed by atoms with Crippen molar-refractivity contribution in [1.29, 1.82) is 0 Å². The molecule has 4 rings (SSSR count). The number of aromatic nitrogens is 2. The van der Waals surface area contributed by atoms with E-state index in [0.29, 0.717) is 23.4 Å². The molecule has 4 heterocycles. The minimum Gasteiger partial charge on any atom is -0.339 e. The number of likely N-dealkylation sites (tertiary alicyclic amines) is 1. The van der Waals surface area contributed by atoms with E-state index in [-0.39, 0.29) is 5.91 Å². The Kier molecular flexibility index (Phi) is 4.55. The van der Waals surface area contributed by atoms with Crippen molar-refractivity contribution in [3.8, 4) is 0 Å². The van der Waals surface area contributed by atoms with Crippen molar-refractivity contribution in [2.45, 2.75) is 24.8 Å². The van der Waals surface area contributed by atoms with Crippen molar-refractivity contribution < 1.29 is 4.79 Å². The summed E-state index contributed by atoms with van der Waals surface area (Å²) in [7, 11) is 0. The first kappa shape index (κ1) is 15.7. The molecule has 2 saturated heterocycles. The Hall–Kier alpha value is -1.83. The Morgan fingerprint density at radius 2 is 2.04 bits per heavy atom. The van der Waals surface area contributed by atoms with Crippen molar-refractivity contribution >= 4 is 17.4 Å². The molecule has 0 saturated carbocycles. The molecule has 126 valence electrons. The van der Waals surface area contributed by atoms with Crippen LogP contribution in [0.1, 0.15) is 34.7 Å². The van der Waals surface area contributed by atoms with Crippen LogP contribution < -0.4 is 10.9 Å². The lowest BCUT2D eigenvalue weighted by Gasteiger charge is -2.36. The summed E-state index contributed by atoms with van der Waals surface area (Å²) in [5, 5.41) is 1.83. The predicted octanol–water partition coefficient (Wildman–Crippen LogP) is 1.65. The van der Waals surface area contributed by atoms with Gasteiger partial charge in [-0.15, -0.1) is 0 Å². The monoisotopic (exact) mass is 343 g/mol. The second-order valence-electron chi connectivity index (χ2n) is 6.48. The van der Waals surface area contributed by atoms with Crippen LogP contribution in [0.5, 0.6) is 0 Å². The van der Waals surface area contributed by atoms with Gasteiger partial charge < -0.3 is 4.90 Å². The Morgan fingerprint density at radius 3 is 2.75 bits per heavy atom. The van der Waals surface area contributed by atoms with E-state index >= 15 is 0 Å². The summed E-state index contributed by atoms with van der Waals surface area (Å²) in [6.07, 6.45) is 7.46. The van der Waals surface area contributed by atoms with Gasteiger partial charge in [-0.05, 0) is 48.0 Å². The largest absolute Gasteiger partial charge is 0.339 e. The summed E-state index contributed by atoms with van der Waals surface area (Å²) in [6, 6.07) is 4.62. The van der Waals surface area contributed by atoms with Gasteiger partial charge in [-0.2, -0.15) is 0 Å². The van der Waals surface area contributed by atoms with E-state index in [1.54, 1.807) is 6.20 Å². The number of hydrazine groups is 1. The van der Waals surface area contributed by atoms with Crippen molar-refractivity contribution in [3.05, 3.63) is 47.2 Å². The summed E-state index contributed by atoms with van der Waals surface area (Å²) in [6.45, 7) is 2.58. The zero-order chi connectivity index (χ0) is 16.4. The van der Waals surface area contributed by atoms with Gasteiger partial charge in [-0.1, -0.05) is 0 Å². The fourth-order valence-corrected chi connectivity index (χ4v) is 4.36. The highest BCUT2D eigenvalue weighted by molar-refractivity contribution is 7.03. The Morgan fingerprint density at radius 1 is 1.25 bits per heavy atom. The molecule has 7 heteroatoms. The maximum absolute atomic E-state index is 12.4. The van der Waals surface area contributed by atoms with Crippen LogP contribution in [0.25, 0.3) is 0 Å². The highest BCUT2D eigenvalue weighted by Crippen LogP contribution is 2.32. The number of nitrogens with zero attached hydrogens (tertiary/aromatic N) is 3. The Bertz CT molecular complexity index is 670. The molecule has 0 aliphatic carbocycles. The molecule has 0 aromatic carbocycles. The van der Waals surface area contributed by atoms with Crippen LogP contribution in [0.4, 0.5) is 0 Å². The lowest BCUT2D eigenvalue weighted by atomic mass is 9.80. The van der Waals surface area contributed by atoms with Crippen LogP contribution in [0.2, 0.25) is 0 Å². The first-order chi connectivity index (χ1) is 11.8. The fourth-order valence-electron chi connectivity index (χ4n) is 3.85. The number of nitrogens with one attached hydrogen (secondary N) is 2. The van der Waals surface area contributed by atoms with Crippen molar-refractivity contribution in [2.75, 3.05) is 19.6 Å². The van der Waals surface area contributed by atoms with Gasteiger partial charge in [-0.25, -0.2) is 4.37 Å². The van der Waals surface area contributed by atoms with Gasteiger partial charge in [0.1, 0.15) is 0 Å². The molecular weight excluding hydrogens is 322 g/mol. The van der Waals surface area contributed by atoms with Crippen LogP contribution in [0.15, 0.2) is 36.1 Å². The highest BCUT2D eigenvalue weighted by atomic mass is 32.1. The number of piperidine rings is 1. The van der Waals surface area contributed by atoms with E-state index in [4.69, 9.17) is 0 Å². The third-order valence-corrected chi connectivity index (χ3v) is 5.76. The number of rotatable bonds is 3. The third kappa shape index (κ3) is 3.07. The normalized spacial score (nSPS) is 25.1. The molecule has 0 spiro atoms. The second kappa shape index (κ2) is 6.96. The van der Waals surface area contributed by atoms with E-state index in [1.807, 2.05) is 22.7 Å². The van der Waals surface area contributed by atoms with Crippen LogP contribution in [0.3, 0.4) is 0 Å². The fraction of sp³-hybridized carbons (Fsp3) is 0.471. The quantitative estimate of drug-likeness (QED) is 0.887. The van der Waals surface area contributed by atoms with Crippen LogP contribution in [-0.2, 0) is 0 Å². The average molecular weight is 343 g/mol. The molecule has 24 heavy (non-hydrogen) atoms. The van der Waals surface area contributed by atoms with E-state index < -0.39 is 0 Å². The zero-order valence-electron chi connectivity index (χ0n) is 13.4. The van der Waals surface area contributed by atoms with E-state index in [2.05, 4.69) is 32.3 Å². The molecule has 6 nitrogen and oxygen atoms in total. The number of hydrogen-bond donors (Lipinski definition) is 2. The SMILES string of the molecule is O=C(c1cnsc1)N1CCC(C2NNCC2c2ccncc2)CC1. The van der Waals surface area contributed by atoms with Crippen LogP contribution >= 0.6 is 11.5 Å². The number of pyridine rings is 1. The average Bonchev–Trinajstić information content (AvgIpc) is 3.34. The van der Waals surface area contributed by atoms with Gasteiger partial charge in [0.05, 0.1) is 11.8 Å². The van der Waals surface area contributed by atoms with Crippen molar-refractivity contribution in [2.24, 2.45) is 5.92 Å². The molecule has 2 aromatic heterocycles.